The average molecular weight is 347 g/mol. The second-order valence-corrected chi connectivity index (χ2v) is 8.93. The molecule has 1 fully saturated rings. The van der Waals surface area contributed by atoms with Crippen molar-refractivity contribution < 1.29 is 18.6 Å². The fourth-order valence-corrected chi connectivity index (χ4v) is 6.78. The third kappa shape index (κ3) is 6.46. The molecule has 2 atom stereocenters. The Labute approximate surface area is 144 Å². The van der Waals surface area contributed by atoms with E-state index in [-0.39, 0.29) is 6.10 Å². The van der Waals surface area contributed by atoms with E-state index in [0.29, 0.717) is 19.8 Å². The van der Waals surface area contributed by atoms with E-state index in [1.807, 2.05) is 13.8 Å². The molecule has 1 aliphatic heterocycles. The molecule has 5 heteroatoms. The molecule has 1 heterocycles. The second kappa shape index (κ2) is 12.4. The summed E-state index contributed by atoms with van der Waals surface area (Å²) in [5.41, 5.74) is -0.619. The summed E-state index contributed by atoms with van der Waals surface area (Å²) in [6.07, 6.45) is 8.35. The molecule has 23 heavy (non-hydrogen) atoms. The molecule has 0 aliphatic carbocycles. The van der Waals surface area contributed by atoms with Crippen molar-refractivity contribution in [1.29, 1.82) is 0 Å². The molecule has 0 N–H and O–H groups in total. The number of ether oxygens (including phenoxy) is 3. The number of rotatable bonds is 13. The van der Waals surface area contributed by atoms with Gasteiger partial charge >= 0.3 is 0 Å². The van der Waals surface area contributed by atoms with Crippen LogP contribution in [0.15, 0.2) is 0 Å². The predicted octanol–water partition coefficient (Wildman–Crippen LogP) is 4.20. The van der Waals surface area contributed by atoms with Crippen molar-refractivity contribution in [3.63, 3.8) is 0 Å². The van der Waals surface area contributed by atoms with Crippen LogP contribution in [0, 0.1) is 0 Å². The monoisotopic (exact) mass is 346 g/mol. The summed E-state index contributed by atoms with van der Waals surface area (Å²) in [5.74, 6) is 0. The second-order valence-electron chi connectivity index (χ2n) is 6.24. The van der Waals surface area contributed by atoms with Crippen LogP contribution in [0.5, 0.6) is 0 Å². The van der Waals surface area contributed by atoms with E-state index in [1.54, 1.807) is 0 Å². The lowest BCUT2D eigenvalue weighted by atomic mass is 10.1. The highest BCUT2D eigenvalue weighted by molar-refractivity contribution is 6.55. The Balaban J connectivity index is 2.88. The molecular formula is C18H38O4Si. The Morgan fingerprint density at radius 2 is 1.70 bits per heavy atom. The highest BCUT2D eigenvalue weighted by Crippen LogP contribution is 2.33. The fourth-order valence-electron chi connectivity index (χ4n) is 3.49. The van der Waals surface area contributed by atoms with Gasteiger partial charge in [0.1, 0.15) is 6.10 Å². The summed E-state index contributed by atoms with van der Waals surface area (Å²) < 4.78 is 24.9. The minimum Gasteiger partial charge on any atom is -0.414 e. The van der Waals surface area contributed by atoms with Crippen LogP contribution in [0.1, 0.15) is 72.6 Å². The Morgan fingerprint density at radius 1 is 0.957 bits per heavy atom. The molecule has 0 amide bonds. The van der Waals surface area contributed by atoms with Crippen LogP contribution < -0.4 is 0 Å². The van der Waals surface area contributed by atoms with E-state index in [2.05, 4.69) is 13.8 Å². The van der Waals surface area contributed by atoms with Gasteiger partial charge in [0, 0.05) is 26.4 Å². The SMILES string of the molecule is CCCCCCC(OCC)C(OCC)(OCC)[SiH]1CCCCO1. The van der Waals surface area contributed by atoms with Crippen LogP contribution in [0.25, 0.3) is 0 Å². The van der Waals surface area contributed by atoms with Crippen LogP contribution in [0.3, 0.4) is 0 Å². The molecule has 2 unspecified atom stereocenters. The molecule has 138 valence electrons. The van der Waals surface area contributed by atoms with Crippen LogP contribution in [0.2, 0.25) is 6.04 Å². The number of hydrogen-bond donors (Lipinski definition) is 0. The molecule has 1 rings (SSSR count). The molecule has 0 aromatic heterocycles. The summed E-state index contributed by atoms with van der Waals surface area (Å²) >= 11 is 0. The Kier molecular flexibility index (Phi) is 11.4. The topological polar surface area (TPSA) is 36.9 Å². The largest absolute Gasteiger partial charge is 0.414 e. The quantitative estimate of drug-likeness (QED) is 0.284. The van der Waals surface area contributed by atoms with E-state index in [1.165, 1.54) is 32.1 Å². The van der Waals surface area contributed by atoms with Crippen molar-refractivity contribution in [3.8, 4) is 0 Å². The van der Waals surface area contributed by atoms with E-state index in [0.717, 1.165) is 25.5 Å². The van der Waals surface area contributed by atoms with Crippen molar-refractivity contribution in [2.24, 2.45) is 0 Å². The van der Waals surface area contributed by atoms with Gasteiger partial charge in [-0.25, -0.2) is 0 Å². The Bertz CT molecular complexity index is 276. The van der Waals surface area contributed by atoms with E-state index in [9.17, 15) is 0 Å². The van der Waals surface area contributed by atoms with Crippen molar-refractivity contribution in [1.82, 2.24) is 0 Å². The van der Waals surface area contributed by atoms with Crippen LogP contribution in [-0.4, -0.2) is 47.0 Å². The maximum Gasteiger partial charge on any atom is 0.245 e. The molecular weight excluding hydrogens is 308 g/mol. The van der Waals surface area contributed by atoms with Gasteiger partial charge in [-0.1, -0.05) is 39.0 Å². The van der Waals surface area contributed by atoms with Crippen molar-refractivity contribution in [2.45, 2.75) is 90.2 Å². The summed E-state index contributed by atoms with van der Waals surface area (Å²) in [6, 6.07) is 1.12. The summed E-state index contributed by atoms with van der Waals surface area (Å²) in [6.45, 7) is 11.2. The lowest BCUT2D eigenvalue weighted by molar-refractivity contribution is -0.248. The standard InChI is InChI=1S/C18H38O4Si/c1-5-9-10-11-14-17(19-6-2)18(20-7-3,21-8-4)23-16-13-12-15-22-23/h17,23H,5-16H2,1-4H3. The summed E-state index contributed by atoms with van der Waals surface area (Å²) in [5, 5.41) is 0. The molecule has 0 radical (unpaired) electrons. The van der Waals surface area contributed by atoms with Gasteiger partial charge in [-0.15, -0.1) is 0 Å². The summed E-state index contributed by atoms with van der Waals surface area (Å²) in [7, 11) is -1.63. The minimum atomic E-state index is -1.63. The molecule has 0 bridgehead atoms. The maximum atomic E-state index is 6.27. The highest BCUT2D eigenvalue weighted by atomic mass is 28.3. The van der Waals surface area contributed by atoms with Gasteiger partial charge in [0.2, 0.25) is 14.5 Å². The molecule has 4 nitrogen and oxygen atoms in total. The Morgan fingerprint density at radius 3 is 2.22 bits per heavy atom. The van der Waals surface area contributed by atoms with Gasteiger partial charge in [-0.05, 0) is 39.7 Å². The molecule has 0 spiro atoms. The molecule has 1 aliphatic rings. The summed E-state index contributed by atoms with van der Waals surface area (Å²) in [4.78, 5) is 0. The first-order chi connectivity index (χ1) is 11.2. The Hall–Kier alpha value is 0.0569. The minimum absolute atomic E-state index is 0.000905. The van der Waals surface area contributed by atoms with Crippen molar-refractivity contribution in [3.05, 3.63) is 0 Å². The highest BCUT2D eigenvalue weighted by Gasteiger charge is 2.50. The van der Waals surface area contributed by atoms with E-state index < -0.39 is 14.5 Å². The first kappa shape index (κ1) is 21.1. The van der Waals surface area contributed by atoms with Gasteiger partial charge in [0.05, 0.1) is 0 Å². The number of hydrogen-bond acceptors (Lipinski definition) is 4. The zero-order valence-electron chi connectivity index (χ0n) is 15.8. The molecule has 0 aromatic carbocycles. The maximum absolute atomic E-state index is 6.27. The van der Waals surface area contributed by atoms with Crippen molar-refractivity contribution >= 4 is 9.04 Å². The fraction of sp³-hybridized carbons (Fsp3) is 1.00. The van der Waals surface area contributed by atoms with E-state index in [4.69, 9.17) is 18.6 Å². The number of unbranched alkanes of at least 4 members (excludes halogenated alkanes) is 3. The third-order valence-corrected chi connectivity index (χ3v) is 7.68. The lowest BCUT2D eigenvalue weighted by Gasteiger charge is -2.45. The third-order valence-electron chi connectivity index (χ3n) is 4.50. The molecule has 1 saturated heterocycles. The van der Waals surface area contributed by atoms with Gasteiger partial charge in [-0.2, -0.15) is 0 Å². The van der Waals surface area contributed by atoms with Crippen LogP contribution in [-0.2, 0) is 18.6 Å². The predicted molar refractivity (Wildman–Crippen MR) is 97.3 cm³/mol. The zero-order valence-corrected chi connectivity index (χ0v) is 16.9. The van der Waals surface area contributed by atoms with Crippen LogP contribution >= 0.6 is 0 Å². The van der Waals surface area contributed by atoms with Gasteiger partial charge < -0.3 is 18.6 Å². The first-order valence-corrected chi connectivity index (χ1v) is 11.6. The first-order valence-electron chi connectivity index (χ1n) is 9.76. The zero-order chi connectivity index (χ0) is 17.0. The lowest BCUT2D eigenvalue weighted by Crippen LogP contribution is -2.61. The van der Waals surface area contributed by atoms with E-state index >= 15 is 0 Å². The van der Waals surface area contributed by atoms with Crippen molar-refractivity contribution in [2.75, 3.05) is 26.4 Å². The molecule has 0 aromatic rings. The van der Waals surface area contributed by atoms with Gasteiger partial charge in [0.25, 0.3) is 0 Å². The average Bonchev–Trinajstić information content (AvgIpc) is 2.58. The smallest absolute Gasteiger partial charge is 0.245 e. The van der Waals surface area contributed by atoms with Gasteiger partial charge in [0.15, 0.2) is 0 Å². The normalized spacial score (nSPS) is 20.6. The molecule has 0 saturated carbocycles. The van der Waals surface area contributed by atoms with Gasteiger partial charge in [-0.3, -0.25) is 0 Å². The van der Waals surface area contributed by atoms with Crippen LogP contribution in [0.4, 0.5) is 0 Å².